The summed E-state index contributed by atoms with van der Waals surface area (Å²) < 4.78 is 2.02. The van der Waals surface area contributed by atoms with E-state index in [1.165, 1.54) is 22.3 Å². The Balaban J connectivity index is 2.50. The highest BCUT2D eigenvalue weighted by atomic mass is 15.3. The fraction of sp³-hybridized carbons (Fsp3) is 0.400. The number of nitrogens with two attached hydrogens (primary N) is 1. The van der Waals surface area contributed by atoms with Crippen LogP contribution < -0.4 is 5.73 Å². The fourth-order valence-corrected chi connectivity index (χ4v) is 2.24. The number of nitrogens with zero attached hydrogens (tertiary/aromatic N) is 2. The lowest BCUT2D eigenvalue weighted by atomic mass is 9.98. The first-order chi connectivity index (χ1) is 8.65. The summed E-state index contributed by atoms with van der Waals surface area (Å²) in [5, 5.41) is 4.56. The van der Waals surface area contributed by atoms with E-state index in [1.54, 1.807) is 0 Å². The van der Waals surface area contributed by atoms with Gasteiger partial charge in [-0.1, -0.05) is 30.7 Å². The maximum Gasteiger partial charge on any atom is 0.0672 e. The lowest BCUT2D eigenvalue weighted by Gasteiger charge is -2.08. The van der Waals surface area contributed by atoms with E-state index >= 15 is 0 Å². The van der Waals surface area contributed by atoms with Crippen LogP contribution in [0.3, 0.4) is 0 Å². The normalized spacial score (nSPS) is 10.9. The maximum absolute atomic E-state index is 5.83. The van der Waals surface area contributed by atoms with Gasteiger partial charge in [0.05, 0.1) is 5.69 Å². The van der Waals surface area contributed by atoms with E-state index in [1.807, 2.05) is 4.68 Å². The first kappa shape index (κ1) is 12.8. The smallest absolute Gasteiger partial charge is 0.0672 e. The number of hydrogen-bond acceptors (Lipinski definition) is 2. The molecule has 0 aliphatic carbocycles. The molecule has 0 radical (unpaired) electrons. The molecule has 0 atom stereocenters. The summed E-state index contributed by atoms with van der Waals surface area (Å²) in [5.41, 5.74) is 11.8. The minimum Gasteiger partial charge on any atom is -0.326 e. The predicted octanol–water partition coefficient (Wildman–Crippen LogP) is 3.04. The standard InChI is InChI=1S/C15H21N3/c1-4-7-18-10-15(12(3)17-18)14-8-11(2)5-6-13(14)9-16/h5-6,8,10H,4,7,9,16H2,1-3H3. The average Bonchev–Trinajstić information content (AvgIpc) is 2.70. The molecule has 0 aliphatic rings. The second kappa shape index (κ2) is 5.36. The van der Waals surface area contributed by atoms with Gasteiger partial charge in [-0.2, -0.15) is 5.10 Å². The highest BCUT2D eigenvalue weighted by Crippen LogP contribution is 2.27. The largest absolute Gasteiger partial charge is 0.326 e. The molecule has 1 aromatic heterocycles. The van der Waals surface area contributed by atoms with E-state index in [-0.39, 0.29) is 0 Å². The Kier molecular flexibility index (Phi) is 3.82. The Morgan fingerprint density at radius 1 is 1.22 bits per heavy atom. The number of rotatable bonds is 4. The third-order valence-electron chi connectivity index (χ3n) is 3.17. The minimum absolute atomic E-state index is 0.564. The Hall–Kier alpha value is -1.61. The molecule has 1 aromatic carbocycles. The van der Waals surface area contributed by atoms with Crippen LogP contribution in [-0.2, 0) is 13.1 Å². The van der Waals surface area contributed by atoms with Crippen LogP contribution in [0.1, 0.15) is 30.2 Å². The van der Waals surface area contributed by atoms with Gasteiger partial charge in [-0.3, -0.25) is 4.68 Å². The summed E-state index contributed by atoms with van der Waals surface area (Å²) in [6.45, 7) is 7.85. The molecular weight excluding hydrogens is 222 g/mol. The minimum atomic E-state index is 0.564. The van der Waals surface area contributed by atoms with Gasteiger partial charge in [0.25, 0.3) is 0 Å². The van der Waals surface area contributed by atoms with Crippen LogP contribution in [0.4, 0.5) is 0 Å². The van der Waals surface area contributed by atoms with Crippen molar-refractivity contribution >= 4 is 0 Å². The first-order valence-electron chi connectivity index (χ1n) is 6.49. The first-order valence-corrected chi connectivity index (χ1v) is 6.49. The van der Waals surface area contributed by atoms with Gasteiger partial charge in [-0.15, -0.1) is 0 Å². The maximum atomic E-state index is 5.83. The van der Waals surface area contributed by atoms with Gasteiger partial charge < -0.3 is 5.73 Å². The molecule has 2 rings (SSSR count). The lowest BCUT2D eigenvalue weighted by Crippen LogP contribution is -1.99. The summed E-state index contributed by atoms with van der Waals surface area (Å²) >= 11 is 0. The van der Waals surface area contributed by atoms with E-state index < -0.39 is 0 Å². The molecule has 0 saturated carbocycles. The third kappa shape index (κ3) is 2.46. The molecule has 0 amide bonds. The molecule has 3 nitrogen and oxygen atoms in total. The van der Waals surface area contributed by atoms with Gasteiger partial charge in [0.15, 0.2) is 0 Å². The third-order valence-corrected chi connectivity index (χ3v) is 3.17. The Morgan fingerprint density at radius 2 is 2.00 bits per heavy atom. The topological polar surface area (TPSA) is 43.8 Å². The predicted molar refractivity (Wildman–Crippen MR) is 75.3 cm³/mol. The zero-order chi connectivity index (χ0) is 13.1. The summed E-state index contributed by atoms with van der Waals surface area (Å²) in [6, 6.07) is 6.42. The van der Waals surface area contributed by atoms with Crippen molar-refractivity contribution in [2.45, 2.75) is 40.3 Å². The number of benzene rings is 1. The van der Waals surface area contributed by atoms with Gasteiger partial charge in [0.1, 0.15) is 0 Å². The van der Waals surface area contributed by atoms with Crippen molar-refractivity contribution in [3.8, 4) is 11.1 Å². The summed E-state index contributed by atoms with van der Waals surface area (Å²) in [6.07, 6.45) is 3.23. The van der Waals surface area contributed by atoms with Gasteiger partial charge in [-0.25, -0.2) is 0 Å². The van der Waals surface area contributed by atoms with E-state index in [2.05, 4.69) is 50.3 Å². The molecule has 0 unspecified atom stereocenters. The van der Waals surface area contributed by atoms with E-state index in [0.29, 0.717) is 6.54 Å². The van der Waals surface area contributed by atoms with E-state index in [0.717, 1.165) is 18.7 Å². The zero-order valence-electron chi connectivity index (χ0n) is 11.4. The van der Waals surface area contributed by atoms with Gasteiger partial charge >= 0.3 is 0 Å². The quantitative estimate of drug-likeness (QED) is 0.897. The van der Waals surface area contributed by atoms with Crippen LogP contribution >= 0.6 is 0 Å². The molecule has 0 spiro atoms. The molecule has 18 heavy (non-hydrogen) atoms. The van der Waals surface area contributed by atoms with Crippen LogP contribution in [0.5, 0.6) is 0 Å². The van der Waals surface area contributed by atoms with Crippen LogP contribution in [0.25, 0.3) is 11.1 Å². The van der Waals surface area contributed by atoms with Crippen LogP contribution in [0, 0.1) is 13.8 Å². The highest BCUT2D eigenvalue weighted by molar-refractivity contribution is 5.69. The van der Waals surface area contributed by atoms with Crippen molar-refractivity contribution in [2.75, 3.05) is 0 Å². The molecule has 1 heterocycles. The van der Waals surface area contributed by atoms with Crippen molar-refractivity contribution in [1.29, 1.82) is 0 Å². The second-order valence-corrected chi connectivity index (χ2v) is 4.76. The Bertz CT molecular complexity index is 541. The monoisotopic (exact) mass is 243 g/mol. The van der Waals surface area contributed by atoms with Crippen molar-refractivity contribution < 1.29 is 0 Å². The van der Waals surface area contributed by atoms with Crippen LogP contribution in [0.2, 0.25) is 0 Å². The number of hydrogen-bond donors (Lipinski definition) is 1. The second-order valence-electron chi connectivity index (χ2n) is 4.76. The van der Waals surface area contributed by atoms with E-state index in [9.17, 15) is 0 Å². The molecule has 2 N–H and O–H groups in total. The molecule has 3 heteroatoms. The zero-order valence-corrected chi connectivity index (χ0v) is 11.4. The summed E-state index contributed by atoms with van der Waals surface area (Å²) in [5.74, 6) is 0. The lowest BCUT2D eigenvalue weighted by molar-refractivity contribution is 0.598. The average molecular weight is 243 g/mol. The summed E-state index contributed by atoms with van der Waals surface area (Å²) in [4.78, 5) is 0. The molecule has 0 bridgehead atoms. The van der Waals surface area contributed by atoms with Crippen molar-refractivity contribution in [3.63, 3.8) is 0 Å². The molecule has 0 fully saturated rings. The van der Waals surface area contributed by atoms with Crippen LogP contribution in [-0.4, -0.2) is 9.78 Å². The van der Waals surface area contributed by atoms with Crippen molar-refractivity contribution in [2.24, 2.45) is 5.73 Å². The molecule has 0 aliphatic heterocycles. The fourth-order valence-electron chi connectivity index (χ4n) is 2.24. The van der Waals surface area contributed by atoms with Gasteiger partial charge in [0, 0.05) is 24.8 Å². The van der Waals surface area contributed by atoms with Crippen molar-refractivity contribution in [1.82, 2.24) is 9.78 Å². The molecule has 0 saturated heterocycles. The van der Waals surface area contributed by atoms with Crippen molar-refractivity contribution in [3.05, 3.63) is 41.2 Å². The molecule has 2 aromatic rings. The molecular formula is C15H21N3. The van der Waals surface area contributed by atoms with Crippen LogP contribution in [0.15, 0.2) is 24.4 Å². The SMILES string of the molecule is CCCn1cc(-c2cc(C)ccc2CN)c(C)n1. The molecule has 96 valence electrons. The van der Waals surface area contributed by atoms with Gasteiger partial charge in [0.2, 0.25) is 0 Å². The highest BCUT2D eigenvalue weighted by Gasteiger charge is 2.10. The van der Waals surface area contributed by atoms with E-state index in [4.69, 9.17) is 5.73 Å². The van der Waals surface area contributed by atoms with Gasteiger partial charge in [-0.05, 0) is 31.4 Å². The number of aryl methyl sites for hydroxylation is 3. The Morgan fingerprint density at radius 3 is 2.67 bits per heavy atom. The summed E-state index contributed by atoms with van der Waals surface area (Å²) in [7, 11) is 0. The Labute approximate surface area is 109 Å². The number of aromatic nitrogens is 2.